The third kappa shape index (κ3) is 5.24. The second-order valence-electron chi connectivity index (χ2n) is 9.72. The molecule has 0 fully saturated rings. The normalized spacial score (nSPS) is 13.1. The molecular weight excluding hydrogens is 488 g/mol. The lowest BCUT2D eigenvalue weighted by molar-refractivity contribution is 0.0218. The van der Waals surface area contributed by atoms with Crippen molar-refractivity contribution in [2.24, 2.45) is 0 Å². The van der Waals surface area contributed by atoms with Crippen LogP contribution in [-0.2, 0) is 11.3 Å². The van der Waals surface area contributed by atoms with Crippen molar-refractivity contribution >= 4 is 35.0 Å². The highest BCUT2D eigenvalue weighted by atomic mass is 16.6. The van der Waals surface area contributed by atoms with E-state index in [1.165, 1.54) is 11.1 Å². The molecule has 4 heterocycles. The lowest BCUT2D eigenvalue weighted by atomic mass is 10.0. The van der Waals surface area contributed by atoms with E-state index >= 15 is 0 Å². The monoisotopic (exact) mass is 514 g/mol. The molecule has 0 unspecified atom stereocenters. The lowest BCUT2D eigenvalue weighted by Crippen LogP contribution is -2.42. The summed E-state index contributed by atoms with van der Waals surface area (Å²) >= 11 is 0. The van der Waals surface area contributed by atoms with Gasteiger partial charge in [-0.25, -0.2) is 9.78 Å². The average Bonchev–Trinajstić information content (AvgIpc) is 3.53. The number of H-pyrrole nitrogens is 2. The zero-order chi connectivity index (χ0) is 26.9. The number of anilines is 3. The summed E-state index contributed by atoms with van der Waals surface area (Å²) in [5.41, 5.74) is 3.10. The molecule has 194 valence electrons. The van der Waals surface area contributed by atoms with E-state index in [1.54, 1.807) is 39.1 Å². The maximum atomic E-state index is 13.4. The highest BCUT2D eigenvalue weighted by Crippen LogP contribution is 2.38. The van der Waals surface area contributed by atoms with Crippen LogP contribution in [0, 0.1) is 0 Å². The number of carbonyl (C=O) groups is 3. The molecule has 0 saturated carbocycles. The van der Waals surface area contributed by atoms with Crippen molar-refractivity contribution in [3.63, 3.8) is 0 Å². The van der Waals surface area contributed by atoms with Crippen LogP contribution in [0.3, 0.4) is 0 Å². The average molecular weight is 515 g/mol. The Kier molecular flexibility index (Phi) is 6.37. The van der Waals surface area contributed by atoms with Crippen molar-refractivity contribution in [2.75, 3.05) is 17.2 Å². The molecule has 1 aliphatic heterocycles. The molecule has 4 aromatic rings. The fourth-order valence-corrected chi connectivity index (χ4v) is 4.09. The number of Topliss-reactive ketones (excluding diaryl/α,β-unsaturated/α-hetero) is 1. The van der Waals surface area contributed by atoms with Gasteiger partial charge in [-0.15, -0.1) is 0 Å². The minimum absolute atomic E-state index is 0.113. The van der Waals surface area contributed by atoms with Crippen molar-refractivity contribution in [1.82, 2.24) is 30.3 Å². The number of ketones is 1. The molecule has 5 rings (SSSR count). The first kappa shape index (κ1) is 24.7. The van der Waals surface area contributed by atoms with Crippen molar-refractivity contribution in [2.45, 2.75) is 32.9 Å². The molecule has 38 heavy (non-hydrogen) atoms. The number of amides is 2. The maximum absolute atomic E-state index is 13.4. The molecule has 1 aromatic carbocycles. The molecule has 3 aromatic heterocycles. The minimum Gasteiger partial charge on any atom is -0.444 e. The van der Waals surface area contributed by atoms with Gasteiger partial charge >= 0.3 is 6.09 Å². The Bertz CT molecular complexity index is 1490. The van der Waals surface area contributed by atoms with Crippen LogP contribution >= 0.6 is 0 Å². The molecule has 12 heteroatoms. The Morgan fingerprint density at radius 1 is 1.11 bits per heavy atom. The zero-order valence-electron chi connectivity index (χ0n) is 21.0. The molecule has 1 aliphatic rings. The number of pyridine rings is 1. The standard InChI is InChI=1S/C26H26N8O4/c1-26(2,3)38-25(37)34-13-18-21(19(35)14-34)23(29-16-7-5-4-6-8-16)22(30-18)15-9-10-27-20(11-15)31-24(36)17-12-28-33-32-17/h4-12,29-30H,13-14H2,1-3H3,(H,27,31,36)(H,28,32,33). The Morgan fingerprint density at radius 2 is 1.89 bits per heavy atom. The molecule has 0 bridgehead atoms. The van der Waals surface area contributed by atoms with Gasteiger partial charge in [0.15, 0.2) is 11.5 Å². The number of aromatic nitrogens is 5. The van der Waals surface area contributed by atoms with Gasteiger partial charge in [-0.2, -0.15) is 15.4 Å². The first-order valence-corrected chi connectivity index (χ1v) is 11.9. The van der Waals surface area contributed by atoms with Crippen molar-refractivity contribution < 1.29 is 19.1 Å². The topological polar surface area (TPSA) is 158 Å². The maximum Gasteiger partial charge on any atom is 0.411 e. The van der Waals surface area contributed by atoms with E-state index in [4.69, 9.17) is 4.74 Å². The van der Waals surface area contributed by atoms with E-state index in [0.29, 0.717) is 28.2 Å². The number of hydrogen-bond acceptors (Lipinski definition) is 8. The zero-order valence-corrected chi connectivity index (χ0v) is 21.0. The number of para-hydroxylation sites is 1. The number of aromatic amines is 2. The quantitative estimate of drug-likeness (QED) is 0.310. The summed E-state index contributed by atoms with van der Waals surface area (Å²) in [6.45, 7) is 5.38. The number of rotatable bonds is 5. The van der Waals surface area contributed by atoms with Crippen molar-refractivity contribution in [3.8, 4) is 11.3 Å². The SMILES string of the molecule is CC(C)(C)OC(=O)N1CC(=O)c2c([nH]c(-c3ccnc(NC(=O)c4cn[nH]n4)c3)c2Nc2ccccc2)C1. The Hall–Kier alpha value is -5.00. The fourth-order valence-electron chi connectivity index (χ4n) is 4.09. The number of ether oxygens (including phenoxy) is 1. The lowest BCUT2D eigenvalue weighted by Gasteiger charge is -2.29. The van der Waals surface area contributed by atoms with E-state index < -0.39 is 17.6 Å². The molecule has 0 atom stereocenters. The van der Waals surface area contributed by atoms with E-state index in [1.807, 2.05) is 30.3 Å². The molecule has 0 spiro atoms. The summed E-state index contributed by atoms with van der Waals surface area (Å²) in [5, 5.41) is 15.9. The summed E-state index contributed by atoms with van der Waals surface area (Å²) in [6, 6.07) is 12.9. The van der Waals surface area contributed by atoms with Crippen LogP contribution in [0.5, 0.6) is 0 Å². The first-order valence-electron chi connectivity index (χ1n) is 11.9. The van der Waals surface area contributed by atoms with Gasteiger partial charge in [0, 0.05) is 23.1 Å². The van der Waals surface area contributed by atoms with Gasteiger partial charge in [-0.3, -0.25) is 14.5 Å². The number of nitrogens with zero attached hydrogens (tertiary/aromatic N) is 4. The molecular formula is C26H26N8O4. The van der Waals surface area contributed by atoms with Gasteiger partial charge < -0.3 is 20.4 Å². The first-order chi connectivity index (χ1) is 18.2. The molecule has 0 radical (unpaired) electrons. The van der Waals surface area contributed by atoms with Crippen molar-refractivity contribution in [3.05, 3.63) is 71.8 Å². The summed E-state index contributed by atoms with van der Waals surface area (Å²) in [4.78, 5) is 47.5. The van der Waals surface area contributed by atoms with Gasteiger partial charge in [-0.1, -0.05) is 18.2 Å². The van der Waals surface area contributed by atoms with Gasteiger partial charge in [0.2, 0.25) is 0 Å². The molecule has 12 nitrogen and oxygen atoms in total. The third-order valence-electron chi connectivity index (χ3n) is 5.67. The highest BCUT2D eigenvalue weighted by Gasteiger charge is 2.34. The van der Waals surface area contributed by atoms with Gasteiger partial charge in [0.25, 0.3) is 5.91 Å². The Morgan fingerprint density at radius 3 is 2.61 bits per heavy atom. The number of hydrogen-bond donors (Lipinski definition) is 4. The van der Waals surface area contributed by atoms with Gasteiger partial charge in [0.1, 0.15) is 11.4 Å². The van der Waals surface area contributed by atoms with E-state index in [9.17, 15) is 14.4 Å². The molecule has 4 N–H and O–H groups in total. The van der Waals surface area contributed by atoms with Gasteiger partial charge in [-0.05, 0) is 45.0 Å². The predicted molar refractivity (Wildman–Crippen MR) is 139 cm³/mol. The molecule has 0 aliphatic carbocycles. The second kappa shape index (κ2) is 9.81. The summed E-state index contributed by atoms with van der Waals surface area (Å²) in [5.74, 6) is -0.415. The summed E-state index contributed by atoms with van der Waals surface area (Å²) < 4.78 is 5.49. The largest absolute Gasteiger partial charge is 0.444 e. The van der Waals surface area contributed by atoms with Crippen LogP contribution in [0.15, 0.2) is 54.9 Å². The van der Waals surface area contributed by atoms with Crippen LogP contribution in [0.2, 0.25) is 0 Å². The highest BCUT2D eigenvalue weighted by molar-refractivity contribution is 6.09. The Labute approximate surface area is 217 Å². The van der Waals surface area contributed by atoms with Crippen LogP contribution in [0.1, 0.15) is 47.3 Å². The van der Waals surface area contributed by atoms with Crippen LogP contribution in [0.25, 0.3) is 11.3 Å². The number of fused-ring (bicyclic) bond motifs is 1. The number of carbonyl (C=O) groups excluding carboxylic acids is 3. The van der Waals surface area contributed by atoms with Crippen LogP contribution in [-0.4, -0.2) is 60.2 Å². The van der Waals surface area contributed by atoms with Crippen molar-refractivity contribution in [1.29, 1.82) is 0 Å². The smallest absolute Gasteiger partial charge is 0.411 e. The Balaban J connectivity index is 1.52. The summed E-state index contributed by atoms with van der Waals surface area (Å²) in [6.07, 6.45) is 2.29. The third-order valence-corrected chi connectivity index (χ3v) is 5.67. The second-order valence-corrected chi connectivity index (χ2v) is 9.72. The molecule has 0 saturated heterocycles. The minimum atomic E-state index is -0.689. The predicted octanol–water partition coefficient (Wildman–Crippen LogP) is 4.12. The number of nitrogens with one attached hydrogen (secondary N) is 4. The van der Waals surface area contributed by atoms with E-state index in [-0.39, 0.29) is 30.4 Å². The van der Waals surface area contributed by atoms with E-state index in [2.05, 4.69) is 36.0 Å². The van der Waals surface area contributed by atoms with Crippen LogP contribution < -0.4 is 10.6 Å². The number of benzene rings is 1. The fraction of sp³-hybridized carbons (Fsp3) is 0.231. The summed E-state index contributed by atoms with van der Waals surface area (Å²) in [7, 11) is 0. The van der Waals surface area contributed by atoms with Gasteiger partial charge in [0.05, 0.1) is 36.2 Å². The van der Waals surface area contributed by atoms with E-state index in [0.717, 1.165) is 5.69 Å². The van der Waals surface area contributed by atoms with Crippen LogP contribution in [0.4, 0.5) is 22.0 Å². The molecule has 2 amide bonds.